The molecule has 6 heteroatoms. The van der Waals surface area contributed by atoms with Crippen LogP contribution in [0.2, 0.25) is 5.02 Å². The van der Waals surface area contributed by atoms with Crippen LogP contribution in [0.3, 0.4) is 0 Å². The molecule has 0 fully saturated rings. The number of carboxylic acids is 1. The maximum atomic E-state index is 10.8. The van der Waals surface area contributed by atoms with E-state index in [0.29, 0.717) is 5.22 Å². The molecule has 4 nitrogen and oxygen atoms in total. The summed E-state index contributed by atoms with van der Waals surface area (Å²) in [6.07, 6.45) is 0. The monoisotopic (exact) mass is 283 g/mol. The van der Waals surface area contributed by atoms with Crippen LogP contribution in [-0.4, -0.2) is 16.1 Å². The van der Waals surface area contributed by atoms with Gasteiger partial charge in [-0.05, 0) is 43.8 Å². The van der Waals surface area contributed by atoms with Crippen LogP contribution in [0.25, 0.3) is 0 Å². The number of halogens is 1. The summed E-state index contributed by atoms with van der Waals surface area (Å²) in [7, 11) is 0. The Hall–Kier alpha value is -1.46. The van der Waals surface area contributed by atoms with Crippen LogP contribution in [0.4, 0.5) is 0 Å². The van der Waals surface area contributed by atoms with Crippen molar-refractivity contribution >= 4 is 29.3 Å². The van der Waals surface area contributed by atoms with Crippen LogP contribution < -0.4 is 0 Å². The molecule has 0 spiro atoms. The van der Waals surface area contributed by atoms with Crippen LogP contribution in [0.15, 0.2) is 32.7 Å². The minimum absolute atomic E-state index is 0.0841. The molecule has 0 unspecified atom stereocenters. The first-order chi connectivity index (χ1) is 8.47. The molecule has 0 aliphatic rings. The van der Waals surface area contributed by atoms with Crippen molar-refractivity contribution in [2.24, 2.45) is 0 Å². The molecule has 2 rings (SSSR count). The van der Waals surface area contributed by atoms with E-state index in [2.05, 4.69) is 4.98 Å². The Morgan fingerprint density at radius 1 is 1.44 bits per heavy atom. The first kappa shape index (κ1) is 13.0. The number of benzene rings is 1. The van der Waals surface area contributed by atoms with Crippen LogP contribution >= 0.6 is 23.4 Å². The Morgan fingerprint density at radius 3 is 2.67 bits per heavy atom. The number of hydrogen-bond acceptors (Lipinski definition) is 4. The van der Waals surface area contributed by atoms with Gasteiger partial charge in [0.1, 0.15) is 5.76 Å². The van der Waals surface area contributed by atoms with E-state index in [1.807, 2.05) is 13.8 Å². The molecule has 1 aromatic carbocycles. The van der Waals surface area contributed by atoms with E-state index in [-0.39, 0.29) is 10.6 Å². The molecule has 2 aromatic rings. The maximum Gasteiger partial charge on any atom is 0.337 e. The maximum absolute atomic E-state index is 10.8. The molecular formula is C12H10ClNO3S. The highest BCUT2D eigenvalue weighted by Gasteiger charge is 2.12. The third-order valence-electron chi connectivity index (χ3n) is 2.39. The number of carbonyl (C=O) groups is 1. The topological polar surface area (TPSA) is 63.3 Å². The fraction of sp³-hybridized carbons (Fsp3) is 0.167. The Bertz CT molecular complexity index is 590. The van der Waals surface area contributed by atoms with Crippen LogP contribution in [0, 0.1) is 13.8 Å². The average Bonchev–Trinajstić information content (AvgIpc) is 2.57. The number of aryl methyl sites for hydroxylation is 2. The predicted molar refractivity (Wildman–Crippen MR) is 68.5 cm³/mol. The van der Waals surface area contributed by atoms with E-state index in [4.69, 9.17) is 21.1 Å². The fourth-order valence-corrected chi connectivity index (χ4v) is 2.51. The van der Waals surface area contributed by atoms with Gasteiger partial charge >= 0.3 is 5.97 Å². The van der Waals surface area contributed by atoms with Gasteiger partial charge in [0, 0.05) is 4.90 Å². The highest BCUT2D eigenvalue weighted by molar-refractivity contribution is 7.99. The van der Waals surface area contributed by atoms with Gasteiger partial charge in [0.2, 0.25) is 0 Å². The summed E-state index contributed by atoms with van der Waals surface area (Å²) in [6.45, 7) is 3.70. The van der Waals surface area contributed by atoms with Gasteiger partial charge in [0.15, 0.2) is 0 Å². The van der Waals surface area contributed by atoms with Gasteiger partial charge in [0.05, 0.1) is 16.3 Å². The SMILES string of the molecule is Cc1nc(Sc2ccc(C(=O)O)c(Cl)c2)oc1C. The van der Waals surface area contributed by atoms with Crippen molar-refractivity contribution in [2.75, 3.05) is 0 Å². The van der Waals surface area contributed by atoms with Crippen LogP contribution in [0.5, 0.6) is 0 Å². The third-order valence-corrected chi connectivity index (χ3v) is 3.54. The zero-order valence-corrected chi connectivity index (χ0v) is 11.3. The second kappa shape index (κ2) is 5.04. The van der Waals surface area contributed by atoms with E-state index in [9.17, 15) is 4.79 Å². The van der Waals surface area contributed by atoms with Gasteiger partial charge in [0.25, 0.3) is 5.22 Å². The van der Waals surface area contributed by atoms with E-state index in [0.717, 1.165) is 16.3 Å². The number of oxazole rings is 1. The highest BCUT2D eigenvalue weighted by Crippen LogP contribution is 2.31. The molecular weight excluding hydrogens is 274 g/mol. The fourth-order valence-electron chi connectivity index (χ4n) is 1.32. The summed E-state index contributed by atoms with van der Waals surface area (Å²) in [4.78, 5) is 15.8. The predicted octanol–water partition coefficient (Wildman–Crippen LogP) is 3.79. The molecule has 0 aliphatic heterocycles. The molecule has 94 valence electrons. The Balaban J connectivity index is 2.25. The smallest absolute Gasteiger partial charge is 0.337 e. The summed E-state index contributed by atoms with van der Waals surface area (Å²) in [5.41, 5.74) is 0.923. The summed E-state index contributed by atoms with van der Waals surface area (Å²) < 4.78 is 5.43. The molecule has 0 aliphatic carbocycles. The molecule has 0 saturated carbocycles. The lowest BCUT2D eigenvalue weighted by molar-refractivity contribution is 0.0697. The highest BCUT2D eigenvalue weighted by atomic mass is 35.5. The number of hydrogen-bond donors (Lipinski definition) is 1. The molecule has 0 radical (unpaired) electrons. The first-order valence-corrected chi connectivity index (χ1v) is 6.31. The van der Waals surface area contributed by atoms with E-state index in [1.165, 1.54) is 17.8 Å². The van der Waals surface area contributed by atoms with Crippen molar-refractivity contribution in [3.8, 4) is 0 Å². The standard InChI is InChI=1S/C12H10ClNO3S/c1-6-7(2)17-12(14-6)18-8-3-4-9(11(15)16)10(13)5-8/h3-5H,1-2H3,(H,15,16). The van der Waals surface area contributed by atoms with Gasteiger partial charge in [-0.1, -0.05) is 11.6 Å². The van der Waals surface area contributed by atoms with Crippen molar-refractivity contribution in [1.29, 1.82) is 0 Å². The van der Waals surface area contributed by atoms with Crippen molar-refractivity contribution < 1.29 is 14.3 Å². The molecule has 0 saturated heterocycles. The molecule has 18 heavy (non-hydrogen) atoms. The van der Waals surface area contributed by atoms with Gasteiger partial charge in [-0.15, -0.1) is 0 Å². The zero-order valence-electron chi connectivity index (χ0n) is 9.73. The van der Waals surface area contributed by atoms with Gasteiger partial charge in [-0.3, -0.25) is 0 Å². The van der Waals surface area contributed by atoms with E-state index < -0.39 is 5.97 Å². The molecule has 0 bridgehead atoms. The molecule has 1 heterocycles. The zero-order chi connectivity index (χ0) is 13.3. The lowest BCUT2D eigenvalue weighted by Gasteiger charge is -2.01. The van der Waals surface area contributed by atoms with Crippen molar-refractivity contribution in [1.82, 2.24) is 4.98 Å². The number of carboxylic acid groups (broad SMARTS) is 1. The lowest BCUT2D eigenvalue weighted by Crippen LogP contribution is -1.96. The quantitative estimate of drug-likeness (QED) is 0.928. The minimum Gasteiger partial charge on any atom is -0.478 e. The molecule has 0 atom stereocenters. The van der Waals surface area contributed by atoms with E-state index >= 15 is 0 Å². The van der Waals surface area contributed by atoms with Gasteiger partial charge in [-0.2, -0.15) is 0 Å². The number of aromatic nitrogens is 1. The largest absolute Gasteiger partial charge is 0.478 e. The van der Waals surface area contributed by atoms with Crippen molar-refractivity contribution in [2.45, 2.75) is 24.0 Å². The minimum atomic E-state index is -1.04. The van der Waals surface area contributed by atoms with Crippen LogP contribution in [0.1, 0.15) is 21.8 Å². The number of nitrogens with zero attached hydrogens (tertiary/aromatic N) is 1. The Kier molecular flexibility index (Phi) is 3.63. The molecule has 1 N–H and O–H groups in total. The first-order valence-electron chi connectivity index (χ1n) is 5.12. The normalized spacial score (nSPS) is 10.6. The van der Waals surface area contributed by atoms with Crippen molar-refractivity contribution in [3.63, 3.8) is 0 Å². The van der Waals surface area contributed by atoms with Crippen molar-refractivity contribution in [3.05, 3.63) is 40.2 Å². The van der Waals surface area contributed by atoms with Gasteiger partial charge in [-0.25, -0.2) is 9.78 Å². The lowest BCUT2D eigenvalue weighted by atomic mass is 10.2. The Morgan fingerprint density at radius 2 is 2.17 bits per heavy atom. The van der Waals surface area contributed by atoms with Gasteiger partial charge < -0.3 is 9.52 Å². The summed E-state index contributed by atoms with van der Waals surface area (Å²) >= 11 is 7.18. The molecule has 0 amide bonds. The summed E-state index contributed by atoms with van der Waals surface area (Å²) in [5, 5.41) is 9.58. The number of rotatable bonds is 3. The second-order valence-corrected chi connectivity index (χ2v) is 5.10. The summed E-state index contributed by atoms with van der Waals surface area (Å²) in [6, 6.07) is 4.73. The van der Waals surface area contributed by atoms with E-state index in [1.54, 1.807) is 12.1 Å². The molecule has 1 aromatic heterocycles. The summed E-state index contributed by atoms with van der Waals surface area (Å²) in [5.74, 6) is -0.273. The average molecular weight is 284 g/mol. The second-order valence-electron chi connectivity index (χ2n) is 3.67. The Labute approximate surface area is 113 Å². The van der Waals surface area contributed by atoms with Crippen LogP contribution in [-0.2, 0) is 0 Å². The third kappa shape index (κ3) is 2.68. The number of aromatic carboxylic acids is 1.